The summed E-state index contributed by atoms with van der Waals surface area (Å²) in [4.78, 5) is 0. The van der Waals surface area contributed by atoms with E-state index in [9.17, 15) is 0 Å². The van der Waals surface area contributed by atoms with Gasteiger partial charge in [0.25, 0.3) is 0 Å². The van der Waals surface area contributed by atoms with Gasteiger partial charge in [0, 0.05) is 12.1 Å². The van der Waals surface area contributed by atoms with Gasteiger partial charge < -0.3 is 11.1 Å². The number of hydrogen-bond donors (Lipinski definition) is 2. The van der Waals surface area contributed by atoms with E-state index in [4.69, 9.17) is 5.73 Å². The second kappa shape index (κ2) is 6.72. The lowest BCUT2D eigenvalue weighted by atomic mass is 9.64. The van der Waals surface area contributed by atoms with Crippen molar-refractivity contribution in [3.8, 4) is 0 Å². The summed E-state index contributed by atoms with van der Waals surface area (Å²) in [6.07, 6.45) is 13.2. The molecule has 3 aliphatic carbocycles. The van der Waals surface area contributed by atoms with E-state index in [-0.39, 0.29) is 6.04 Å². The molecular weight excluding hydrogens is 280 g/mol. The van der Waals surface area contributed by atoms with Crippen LogP contribution in [0.15, 0.2) is 23.8 Å². The van der Waals surface area contributed by atoms with Gasteiger partial charge in [0.1, 0.15) is 0 Å². The highest BCUT2D eigenvalue weighted by Crippen LogP contribution is 2.67. The highest BCUT2D eigenvalue weighted by atomic mass is 14.9. The summed E-state index contributed by atoms with van der Waals surface area (Å²) in [5.41, 5.74) is 9.68. The molecule has 0 radical (unpaired) electrons. The van der Waals surface area contributed by atoms with Crippen molar-refractivity contribution >= 4 is 0 Å². The van der Waals surface area contributed by atoms with Gasteiger partial charge in [0.2, 0.25) is 0 Å². The van der Waals surface area contributed by atoms with Crippen LogP contribution in [-0.2, 0) is 0 Å². The Morgan fingerprint density at radius 2 is 2.17 bits per heavy atom. The number of rotatable bonds is 7. The van der Waals surface area contributed by atoms with Gasteiger partial charge in [-0.1, -0.05) is 37.1 Å². The smallest absolute Gasteiger partial charge is 0.0248 e. The van der Waals surface area contributed by atoms with Gasteiger partial charge >= 0.3 is 0 Å². The average Bonchev–Trinajstić information content (AvgIpc) is 3.23. The molecule has 3 rings (SSSR count). The third kappa shape index (κ3) is 3.30. The molecule has 0 bridgehead atoms. The molecular formula is C21H36N2. The van der Waals surface area contributed by atoms with E-state index >= 15 is 0 Å². The first-order valence-corrected chi connectivity index (χ1v) is 9.76. The van der Waals surface area contributed by atoms with E-state index in [1.54, 1.807) is 0 Å². The van der Waals surface area contributed by atoms with Crippen molar-refractivity contribution in [1.82, 2.24) is 5.32 Å². The SMILES string of the molecule is C=C(C)C(N)CCCC(NC)C1CCC=C2C1CCC1CC21C. The van der Waals surface area contributed by atoms with E-state index in [0.29, 0.717) is 11.5 Å². The third-order valence-electron chi connectivity index (χ3n) is 7.23. The maximum Gasteiger partial charge on any atom is 0.0248 e. The van der Waals surface area contributed by atoms with Crippen LogP contribution in [0.3, 0.4) is 0 Å². The summed E-state index contributed by atoms with van der Waals surface area (Å²) in [6, 6.07) is 0.829. The quantitative estimate of drug-likeness (QED) is 0.682. The molecule has 0 saturated heterocycles. The number of nitrogens with one attached hydrogen (secondary N) is 1. The molecule has 3 aliphatic rings. The summed E-state index contributed by atoms with van der Waals surface area (Å²) in [6.45, 7) is 8.56. The van der Waals surface area contributed by atoms with Crippen LogP contribution in [-0.4, -0.2) is 19.1 Å². The molecule has 0 aromatic carbocycles. The van der Waals surface area contributed by atoms with Gasteiger partial charge in [-0.15, -0.1) is 0 Å². The summed E-state index contributed by atoms with van der Waals surface area (Å²) in [5, 5.41) is 3.66. The maximum atomic E-state index is 6.14. The van der Waals surface area contributed by atoms with Crippen LogP contribution in [0.2, 0.25) is 0 Å². The first-order valence-electron chi connectivity index (χ1n) is 9.76. The fourth-order valence-electron chi connectivity index (χ4n) is 5.51. The minimum absolute atomic E-state index is 0.176. The molecule has 0 aromatic heterocycles. The number of allylic oxidation sites excluding steroid dienone is 2. The van der Waals surface area contributed by atoms with Gasteiger partial charge in [0.15, 0.2) is 0 Å². The molecule has 0 heterocycles. The maximum absolute atomic E-state index is 6.14. The van der Waals surface area contributed by atoms with E-state index < -0.39 is 0 Å². The first kappa shape index (κ1) is 17.2. The van der Waals surface area contributed by atoms with Crippen LogP contribution in [0.25, 0.3) is 0 Å². The molecule has 2 saturated carbocycles. The van der Waals surface area contributed by atoms with Crippen molar-refractivity contribution in [1.29, 1.82) is 0 Å². The number of nitrogens with two attached hydrogens (primary N) is 1. The Morgan fingerprint density at radius 1 is 1.39 bits per heavy atom. The molecule has 0 aliphatic heterocycles. The van der Waals surface area contributed by atoms with Crippen molar-refractivity contribution in [3.05, 3.63) is 23.8 Å². The first-order chi connectivity index (χ1) is 11.0. The standard InChI is InChI=1S/C21H36N2/c1-14(2)19(22)9-6-10-20(23-4)17-7-5-8-18-16(17)12-11-15-13-21(15,18)3/h8,15-17,19-20,23H,1,5-7,9-13,22H2,2-4H3. The lowest BCUT2D eigenvalue weighted by Crippen LogP contribution is -2.42. The van der Waals surface area contributed by atoms with Gasteiger partial charge in [0.05, 0.1) is 0 Å². The lowest BCUT2D eigenvalue weighted by molar-refractivity contribution is 0.194. The highest BCUT2D eigenvalue weighted by Gasteiger charge is 2.58. The van der Waals surface area contributed by atoms with Crippen LogP contribution >= 0.6 is 0 Å². The summed E-state index contributed by atoms with van der Waals surface area (Å²) < 4.78 is 0. The number of fused-ring (bicyclic) bond motifs is 3. The Bertz CT molecular complexity index is 480. The molecule has 2 nitrogen and oxygen atoms in total. The Hall–Kier alpha value is -0.600. The number of hydrogen-bond acceptors (Lipinski definition) is 2. The highest BCUT2D eigenvalue weighted by molar-refractivity contribution is 5.31. The zero-order chi connectivity index (χ0) is 16.6. The van der Waals surface area contributed by atoms with Crippen LogP contribution in [0.4, 0.5) is 0 Å². The normalized spacial score (nSPS) is 38.1. The van der Waals surface area contributed by atoms with Gasteiger partial charge in [-0.05, 0) is 82.1 Å². The van der Waals surface area contributed by atoms with E-state index in [1.165, 1.54) is 44.9 Å². The Morgan fingerprint density at radius 3 is 2.87 bits per heavy atom. The van der Waals surface area contributed by atoms with Crippen LogP contribution < -0.4 is 11.1 Å². The molecule has 2 fully saturated rings. The molecule has 6 unspecified atom stereocenters. The monoisotopic (exact) mass is 316 g/mol. The molecule has 6 atom stereocenters. The molecule has 2 heteroatoms. The van der Waals surface area contributed by atoms with Crippen LogP contribution in [0.1, 0.15) is 65.2 Å². The fraction of sp³-hybridized carbons (Fsp3) is 0.810. The van der Waals surface area contributed by atoms with Gasteiger partial charge in [-0.25, -0.2) is 0 Å². The van der Waals surface area contributed by atoms with Crippen molar-refractivity contribution in [2.75, 3.05) is 7.05 Å². The molecule has 0 amide bonds. The van der Waals surface area contributed by atoms with Crippen molar-refractivity contribution in [2.24, 2.45) is 28.9 Å². The van der Waals surface area contributed by atoms with Gasteiger partial charge in [-0.3, -0.25) is 0 Å². The van der Waals surface area contributed by atoms with Crippen LogP contribution in [0.5, 0.6) is 0 Å². The third-order valence-corrected chi connectivity index (χ3v) is 7.23. The van der Waals surface area contributed by atoms with E-state index in [2.05, 4.69) is 31.9 Å². The Balaban J connectivity index is 1.60. The lowest BCUT2D eigenvalue weighted by Gasteiger charge is -2.43. The molecule has 0 spiro atoms. The predicted molar refractivity (Wildman–Crippen MR) is 99.2 cm³/mol. The Labute approximate surface area is 143 Å². The van der Waals surface area contributed by atoms with Crippen LogP contribution in [0, 0.1) is 23.2 Å². The molecule has 0 aromatic rings. The second-order valence-corrected chi connectivity index (χ2v) is 8.68. The zero-order valence-electron chi connectivity index (χ0n) is 15.4. The van der Waals surface area contributed by atoms with Gasteiger partial charge in [-0.2, -0.15) is 0 Å². The van der Waals surface area contributed by atoms with Crippen molar-refractivity contribution in [3.63, 3.8) is 0 Å². The predicted octanol–water partition coefficient (Wildman–Crippen LogP) is 4.42. The topological polar surface area (TPSA) is 38.0 Å². The Kier molecular flexibility index (Phi) is 5.04. The molecule has 3 N–H and O–H groups in total. The van der Waals surface area contributed by atoms with E-state index in [1.807, 2.05) is 12.5 Å². The molecule has 23 heavy (non-hydrogen) atoms. The molecule has 130 valence electrons. The second-order valence-electron chi connectivity index (χ2n) is 8.68. The van der Waals surface area contributed by atoms with E-state index in [0.717, 1.165) is 29.7 Å². The zero-order valence-corrected chi connectivity index (χ0v) is 15.4. The minimum Gasteiger partial charge on any atom is -0.324 e. The minimum atomic E-state index is 0.176. The summed E-state index contributed by atoms with van der Waals surface area (Å²) >= 11 is 0. The van der Waals surface area contributed by atoms with Crippen molar-refractivity contribution in [2.45, 2.75) is 77.3 Å². The average molecular weight is 317 g/mol. The summed E-state index contributed by atoms with van der Waals surface area (Å²) in [5.74, 6) is 2.68. The largest absolute Gasteiger partial charge is 0.324 e. The summed E-state index contributed by atoms with van der Waals surface area (Å²) in [7, 11) is 2.16. The fourth-order valence-corrected chi connectivity index (χ4v) is 5.51. The van der Waals surface area contributed by atoms with Crippen molar-refractivity contribution < 1.29 is 0 Å².